The van der Waals surface area contributed by atoms with Crippen LogP contribution in [0.15, 0.2) is 23.6 Å². The van der Waals surface area contributed by atoms with E-state index in [9.17, 15) is 14.4 Å². The molecule has 28 heavy (non-hydrogen) atoms. The molecular formula is C19H18Cl2N2O4S. The molecule has 9 heteroatoms. The fourth-order valence-corrected chi connectivity index (χ4v) is 4.34. The minimum Gasteiger partial charge on any atom is -0.481 e. The molecule has 2 heterocycles. The topological polar surface area (TPSA) is 86.7 Å². The van der Waals surface area contributed by atoms with Crippen molar-refractivity contribution in [1.82, 2.24) is 10.2 Å². The van der Waals surface area contributed by atoms with Crippen molar-refractivity contribution in [3.05, 3.63) is 39.2 Å². The summed E-state index contributed by atoms with van der Waals surface area (Å²) in [6.45, 7) is 2.33. The molecule has 0 radical (unpaired) electrons. The Bertz CT molecular complexity index is 966. The molecule has 1 aliphatic heterocycles. The molecule has 0 saturated carbocycles. The molecule has 1 atom stereocenters. The first kappa shape index (κ1) is 20.6. The summed E-state index contributed by atoms with van der Waals surface area (Å²) in [5.41, 5.74) is 0.666. The van der Waals surface area contributed by atoms with E-state index >= 15 is 0 Å². The van der Waals surface area contributed by atoms with Gasteiger partial charge in [0, 0.05) is 25.1 Å². The number of hydrogen-bond donors (Lipinski definition) is 2. The van der Waals surface area contributed by atoms with Crippen LogP contribution in [0.2, 0.25) is 10.0 Å². The summed E-state index contributed by atoms with van der Waals surface area (Å²) >= 11 is 14.1. The Kier molecular flexibility index (Phi) is 6.27. The Labute approximate surface area is 175 Å². The van der Waals surface area contributed by atoms with Gasteiger partial charge in [0.25, 0.3) is 0 Å². The molecule has 1 aromatic carbocycles. The van der Waals surface area contributed by atoms with E-state index < -0.39 is 11.9 Å². The van der Waals surface area contributed by atoms with Crippen molar-refractivity contribution in [3.8, 4) is 0 Å². The van der Waals surface area contributed by atoms with E-state index in [4.69, 9.17) is 28.3 Å². The monoisotopic (exact) mass is 440 g/mol. The first-order chi connectivity index (χ1) is 13.3. The highest BCUT2D eigenvalue weighted by molar-refractivity contribution is 7.18. The fourth-order valence-electron chi connectivity index (χ4n) is 2.90. The molecule has 1 saturated heterocycles. The Hall–Kier alpha value is -2.09. The average Bonchev–Trinajstić information content (AvgIpc) is 3.07. The zero-order valence-corrected chi connectivity index (χ0v) is 17.3. The van der Waals surface area contributed by atoms with Crippen LogP contribution in [0, 0.1) is 5.92 Å². The van der Waals surface area contributed by atoms with Gasteiger partial charge in [-0.1, -0.05) is 30.1 Å². The van der Waals surface area contributed by atoms with Crippen LogP contribution in [-0.4, -0.2) is 46.9 Å². The lowest BCUT2D eigenvalue weighted by atomic mass is 10.0. The van der Waals surface area contributed by atoms with Gasteiger partial charge in [-0.3, -0.25) is 14.4 Å². The first-order valence-electron chi connectivity index (χ1n) is 8.60. The number of thiophene rings is 1. The van der Waals surface area contributed by atoms with Gasteiger partial charge in [0.1, 0.15) is 0 Å². The van der Waals surface area contributed by atoms with E-state index in [-0.39, 0.29) is 24.3 Å². The molecule has 1 aromatic heterocycles. The van der Waals surface area contributed by atoms with E-state index in [0.29, 0.717) is 28.7 Å². The van der Waals surface area contributed by atoms with Gasteiger partial charge in [0.05, 0.1) is 27.2 Å². The number of amides is 2. The summed E-state index contributed by atoms with van der Waals surface area (Å²) in [6, 6.07) is 3.66. The molecule has 2 amide bonds. The number of carboxylic acid groups (broad SMARTS) is 1. The molecule has 3 rings (SSSR count). The second-order valence-electron chi connectivity index (χ2n) is 6.71. The van der Waals surface area contributed by atoms with Crippen LogP contribution in [0.1, 0.15) is 18.9 Å². The third kappa shape index (κ3) is 4.48. The van der Waals surface area contributed by atoms with Gasteiger partial charge in [-0.15, -0.1) is 11.3 Å². The maximum absolute atomic E-state index is 12.3. The predicted molar refractivity (Wildman–Crippen MR) is 111 cm³/mol. The average molecular weight is 441 g/mol. The molecular weight excluding hydrogens is 423 g/mol. The minimum absolute atomic E-state index is 0.165. The molecule has 6 nitrogen and oxygen atoms in total. The number of carbonyl (C=O) groups is 3. The molecule has 2 N–H and O–H groups in total. The number of rotatable bonds is 6. The van der Waals surface area contributed by atoms with Crippen LogP contribution in [-0.2, 0) is 14.4 Å². The van der Waals surface area contributed by atoms with E-state index in [1.165, 1.54) is 17.4 Å². The molecule has 2 aromatic rings. The van der Waals surface area contributed by atoms with Crippen molar-refractivity contribution in [2.24, 2.45) is 5.92 Å². The van der Waals surface area contributed by atoms with E-state index in [0.717, 1.165) is 10.1 Å². The van der Waals surface area contributed by atoms with Gasteiger partial charge < -0.3 is 15.3 Å². The molecule has 148 valence electrons. The van der Waals surface area contributed by atoms with Crippen molar-refractivity contribution >= 4 is 68.5 Å². The van der Waals surface area contributed by atoms with E-state index in [2.05, 4.69) is 5.32 Å². The van der Waals surface area contributed by atoms with Crippen molar-refractivity contribution in [2.75, 3.05) is 13.1 Å². The Morgan fingerprint density at radius 2 is 2.07 bits per heavy atom. The smallest absolute Gasteiger partial charge is 0.304 e. The summed E-state index contributed by atoms with van der Waals surface area (Å²) < 4.78 is 0.911. The number of nitrogens with one attached hydrogen (secondary N) is 1. The molecule has 1 fully saturated rings. The van der Waals surface area contributed by atoms with Crippen molar-refractivity contribution in [3.63, 3.8) is 0 Å². The van der Waals surface area contributed by atoms with Crippen LogP contribution in [0.25, 0.3) is 16.2 Å². The van der Waals surface area contributed by atoms with Crippen LogP contribution in [0.5, 0.6) is 0 Å². The van der Waals surface area contributed by atoms with E-state index in [1.807, 2.05) is 17.5 Å². The number of nitrogens with zero attached hydrogens (tertiary/aromatic N) is 1. The highest BCUT2D eigenvalue weighted by Crippen LogP contribution is 2.37. The SMILES string of the molecule is C[C@@H](CC(=O)O)C(=O)NC1CN(C(=O)/C=C/c2cc3ccsc3c(Cl)c2Cl)C1. The number of hydrogen-bond acceptors (Lipinski definition) is 4. The largest absolute Gasteiger partial charge is 0.481 e. The van der Waals surface area contributed by atoms with Gasteiger partial charge in [-0.2, -0.15) is 0 Å². The number of likely N-dealkylation sites (tertiary alicyclic amines) is 1. The van der Waals surface area contributed by atoms with Crippen LogP contribution in [0.4, 0.5) is 0 Å². The standard InChI is InChI=1S/C19H18Cl2N2O4S/c1-10(6-15(25)26)19(27)22-13-8-23(9-13)14(24)3-2-11-7-12-4-5-28-18(12)17(21)16(11)20/h2-5,7,10,13H,6,8-9H2,1H3,(H,22,27)(H,25,26)/b3-2+/t10-/m0/s1. The number of halogens is 2. The summed E-state index contributed by atoms with van der Waals surface area (Å²) in [6.07, 6.45) is 2.84. The lowest BCUT2D eigenvalue weighted by molar-refractivity contribution is -0.141. The number of fused-ring (bicyclic) bond motifs is 1. The van der Waals surface area contributed by atoms with Crippen molar-refractivity contribution < 1.29 is 19.5 Å². The van der Waals surface area contributed by atoms with Crippen molar-refractivity contribution in [2.45, 2.75) is 19.4 Å². The number of carbonyl (C=O) groups excluding carboxylic acids is 2. The zero-order valence-electron chi connectivity index (χ0n) is 14.9. The molecule has 0 bridgehead atoms. The van der Waals surface area contributed by atoms with Gasteiger partial charge in [-0.25, -0.2) is 0 Å². The van der Waals surface area contributed by atoms with Gasteiger partial charge in [-0.05, 0) is 34.5 Å². The minimum atomic E-state index is -1.02. The quantitative estimate of drug-likeness (QED) is 0.670. The summed E-state index contributed by atoms with van der Waals surface area (Å²) in [4.78, 5) is 36.4. The van der Waals surface area contributed by atoms with Crippen molar-refractivity contribution in [1.29, 1.82) is 0 Å². The van der Waals surface area contributed by atoms with Crippen LogP contribution in [0.3, 0.4) is 0 Å². The molecule has 0 aliphatic carbocycles. The summed E-state index contributed by atoms with van der Waals surface area (Å²) in [5, 5.41) is 15.3. The number of carboxylic acids is 1. The van der Waals surface area contributed by atoms with Gasteiger partial charge in [0.2, 0.25) is 11.8 Å². The van der Waals surface area contributed by atoms with E-state index in [1.54, 1.807) is 17.9 Å². The lowest BCUT2D eigenvalue weighted by Crippen LogP contribution is -2.61. The lowest BCUT2D eigenvalue weighted by Gasteiger charge is -2.39. The third-order valence-electron chi connectivity index (χ3n) is 4.53. The highest BCUT2D eigenvalue weighted by Gasteiger charge is 2.31. The Balaban J connectivity index is 1.55. The zero-order chi connectivity index (χ0) is 20.4. The third-order valence-corrected chi connectivity index (χ3v) is 6.47. The number of benzene rings is 1. The molecule has 0 unspecified atom stereocenters. The molecule has 0 spiro atoms. The van der Waals surface area contributed by atoms with Crippen LogP contribution < -0.4 is 5.32 Å². The van der Waals surface area contributed by atoms with Crippen LogP contribution >= 0.6 is 34.5 Å². The highest BCUT2D eigenvalue weighted by atomic mass is 35.5. The second kappa shape index (κ2) is 8.51. The Morgan fingerprint density at radius 3 is 2.75 bits per heavy atom. The fraction of sp³-hybridized carbons (Fsp3) is 0.316. The maximum atomic E-state index is 12.3. The second-order valence-corrected chi connectivity index (χ2v) is 8.39. The van der Waals surface area contributed by atoms with Gasteiger partial charge in [0.15, 0.2) is 0 Å². The normalized spacial score (nSPS) is 15.6. The van der Waals surface area contributed by atoms with Gasteiger partial charge >= 0.3 is 5.97 Å². The first-order valence-corrected chi connectivity index (χ1v) is 10.2. The number of aliphatic carboxylic acids is 1. The Morgan fingerprint density at radius 1 is 1.36 bits per heavy atom. The molecule has 1 aliphatic rings. The predicted octanol–water partition coefficient (Wildman–Crippen LogP) is 3.66. The summed E-state index contributed by atoms with van der Waals surface area (Å²) in [7, 11) is 0. The maximum Gasteiger partial charge on any atom is 0.304 e. The summed E-state index contributed by atoms with van der Waals surface area (Å²) in [5.74, 6) is -2.14.